The van der Waals surface area contributed by atoms with Crippen molar-refractivity contribution in [2.45, 2.75) is 26.4 Å². The normalized spacial score (nSPS) is 11.7. The first-order chi connectivity index (χ1) is 16.4. The highest BCUT2D eigenvalue weighted by molar-refractivity contribution is 6.33. The van der Waals surface area contributed by atoms with E-state index in [0.29, 0.717) is 39.2 Å². The van der Waals surface area contributed by atoms with Gasteiger partial charge in [0.15, 0.2) is 17.6 Å². The number of rotatable bonds is 7. The number of halogens is 1. The number of anilines is 1. The highest BCUT2D eigenvalue weighted by Gasteiger charge is 2.25. The second-order valence-corrected chi connectivity index (χ2v) is 8.11. The van der Waals surface area contributed by atoms with Crippen molar-refractivity contribution in [3.05, 3.63) is 93.6 Å². The lowest BCUT2D eigenvalue weighted by Gasteiger charge is -2.19. The first-order valence-electron chi connectivity index (χ1n) is 10.8. The molecule has 4 aromatic rings. The molecule has 0 saturated carbocycles. The third-order valence-corrected chi connectivity index (χ3v) is 5.69. The number of carbonyl (C=O) groups excluding carboxylic acids is 2. The average Bonchev–Trinajstić information content (AvgIpc) is 2.84. The summed E-state index contributed by atoms with van der Waals surface area (Å²) in [5.74, 6) is -0.425. The van der Waals surface area contributed by atoms with Gasteiger partial charge in [0.1, 0.15) is 5.58 Å². The summed E-state index contributed by atoms with van der Waals surface area (Å²) in [5.41, 5.74) is 1.53. The van der Waals surface area contributed by atoms with Crippen LogP contribution in [0.5, 0.6) is 5.75 Å². The minimum atomic E-state index is -0.974. The molecular formula is C27H22ClNO5. The number of hydrogen-bond donors (Lipinski definition) is 1. The highest BCUT2D eigenvalue weighted by Crippen LogP contribution is 2.35. The second-order valence-electron chi connectivity index (χ2n) is 7.70. The van der Waals surface area contributed by atoms with Gasteiger partial charge in [-0.25, -0.2) is 0 Å². The Morgan fingerprint density at radius 3 is 2.35 bits per heavy atom. The molecule has 1 atom stereocenters. The molecule has 0 aliphatic heterocycles. The van der Waals surface area contributed by atoms with Crippen LogP contribution in [0.1, 0.15) is 30.6 Å². The Bertz CT molecular complexity index is 1430. The van der Waals surface area contributed by atoms with E-state index in [1.165, 1.54) is 6.92 Å². The predicted octanol–water partition coefficient (Wildman–Crippen LogP) is 6.11. The molecule has 4 rings (SSSR count). The van der Waals surface area contributed by atoms with E-state index < -0.39 is 17.4 Å². The standard InChI is InChI=1S/C27H22ClNO5/c1-3-22(27(32)29-18-14-12-17(13-15-18)16(2)30)33-26-24(31)20-9-5-7-11-23(20)34-25(26)19-8-4-6-10-21(19)28/h4-15,22H,3H2,1-2H3,(H,29,32). The SMILES string of the molecule is CCC(Oc1c(-c2ccccc2Cl)oc2ccccc2c1=O)C(=O)Nc1ccc(C(C)=O)cc1. The summed E-state index contributed by atoms with van der Waals surface area (Å²) in [6.45, 7) is 3.25. The zero-order chi connectivity index (χ0) is 24.2. The van der Waals surface area contributed by atoms with Crippen LogP contribution >= 0.6 is 11.6 Å². The molecule has 6 nitrogen and oxygen atoms in total. The molecule has 0 aliphatic carbocycles. The number of nitrogens with one attached hydrogen (secondary N) is 1. The van der Waals surface area contributed by atoms with Gasteiger partial charge in [0.25, 0.3) is 5.91 Å². The number of Topliss-reactive ketones (excluding diaryl/α,β-unsaturated/α-hetero) is 1. The fourth-order valence-corrected chi connectivity index (χ4v) is 3.75. The Labute approximate surface area is 201 Å². The average molecular weight is 476 g/mol. The van der Waals surface area contributed by atoms with E-state index in [4.69, 9.17) is 20.8 Å². The molecule has 1 heterocycles. The van der Waals surface area contributed by atoms with E-state index in [1.54, 1.807) is 79.7 Å². The van der Waals surface area contributed by atoms with Gasteiger partial charge >= 0.3 is 0 Å². The van der Waals surface area contributed by atoms with Gasteiger partial charge in [-0.3, -0.25) is 14.4 Å². The molecule has 7 heteroatoms. The number of benzene rings is 3. The summed E-state index contributed by atoms with van der Waals surface area (Å²) in [6, 6.07) is 20.3. The van der Waals surface area contributed by atoms with Crippen LogP contribution < -0.4 is 15.5 Å². The number of ketones is 1. The van der Waals surface area contributed by atoms with Crippen molar-refractivity contribution in [1.29, 1.82) is 0 Å². The summed E-state index contributed by atoms with van der Waals surface area (Å²) in [4.78, 5) is 37.8. The van der Waals surface area contributed by atoms with Gasteiger partial charge in [-0.1, -0.05) is 42.8 Å². The van der Waals surface area contributed by atoms with Gasteiger partial charge < -0.3 is 14.5 Å². The van der Waals surface area contributed by atoms with Crippen LogP contribution in [0.4, 0.5) is 5.69 Å². The van der Waals surface area contributed by atoms with Gasteiger partial charge in [-0.15, -0.1) is 0 Å². The van der Waals surface area contributed by atoms with E-state index in [9.17, 15) is 14.4 Å². The Morgan fingerprint density at radius 2 is 1.68 bits per heavy atom. The van der Waals surface area contributed by atoms with Crippen molar-refractivity contribution in [1.82, 2.24) is 0 Å². The molecule has 0 fully saturated rings. The molecule has 3 aromatic carbocycles. The molecule has 0 spiro atoms. The zero-order valence-corrected chi connectivity index (χ0v) is 19.4. The van der Waals surface area contributed by atoms with Gasteiger partial charge in [-0.05, 0) is 61.9 Å². The van der Waals surface area contributed by atoms with Crippen LogP contribution in [0, 0.1) is 0 Å². The maximum atomic E-state index is 13.4. The first-order valence-corrected chi connectivity index (χ1v) is 11.2. The number of para-hydroxylation sites is 1. The Kier molecular flexibility index (Phi) is 6.80. The minimum Gasteiger partial charge on any atom is -0.473 e. The van der Waals surface area contributed by atoms with Crippen LogP contribution in [0.25, 0.3) is 22.3 Å². The molecule has 0 saturated heterocycles. The lowest BCUT2D eigenvalue weighted by molar-refractivity contribution is -0.122. The molecule has 1 unspecified atom stereocenters. The molecule has 1 aromatic heterocycles. The molecule has 34 heavy (non-hydrogen) atoms. The van der Waals surface area contributed by atoms with Crippen LogP contribution in [-0.4, -0.2) is 17.8 Å². The summed E-state index contributed by atoms with van der Waals surface area (Å²) >= 11 is 6.39. The molecule has 0 bridgehead atoms. The van der Waals surface area contributed by atoms with Crippen LogP contribution in [0.2, 0.25) is 5.02 Å². The van der Waals surface area contributed by atoms with Gasteiger partial charge in [0.05, 0.1) is 10.4 Å². The number of fused-ring (bicyclic) bond motifs is 1. The number of ether oxygens (including phenoxy) is 1. The maximum absolute atomic E-state index is 13.4. The molecule has 1 N–H and O–H groups in total. The smallest absolute Gasteiger partial charge is 0.265 e. The second kappa shape index (κ2) is 9.93. The number of carbonyl (C=O) groups is 2. The van der Waals surface area contributed by atoms with Crippen LogP contribution in [0.3, 0.4) is 0 Å². The van der Waals surface area contributed by atoms with E-state index in [2.05, 4.69) is 5.32 Å². The monoisotopic (exact) mass is 475 g/mol. The third-order valence-electron chi connectivity index (χ3n) is 5.36. The lowest BCUT2D eigenvalue weighted by Crippen LogP contribution is -2.34. The molecular weight excluding hydrogens is 454 g/mol. The molecule has 0 radical (unpaired) electrons. The van der Waals surface area contributed by atoms with E-state index in [-0.39, 0.29) is 17.3 Å². The maximum Gasteiger partial charge on any atom is 0.265 e. The summed E-state index contributed by atoms with van der Waals surface area (Å²) in [6.07, 6.45) is -0.677. The van der Waals surface area contributed by atoms with Crippen molar-refractivity contribution in [2.75, 3.05) is 5.32 Å². The van der Waals surface area contributed by atoms with E-state index in [0.717, 1.165) is 0 Å². The van der Waals surface area contributed by atoms with Crippen molar-refractivity contribution >= 4 is 39.9 Å². The van der Waals surface area contributed by atoms with Gasteiger partial charge in [-0.2, -0.15) is 0 Å². The first kappa shape index (κ1) is 23.3. The van der Waals surface area contributed by atoms with Gasteiger partial charge in [0, 0.05) is 16.8 Å². The Hall–Kier alpha value is -3.90. The van der Waals surface area contributed by atoms with Crippen molar-refractivity contribution in [2.24, 2.45) is 0 Å². The van der Waals surface area contributed by atoms with Crippen molar-refractivity contribution in [3.63, 3.8) is 0 Å². The molecule has 1 amide bonds. The van der Waals surface area contributed by atoms with Crippen LogP contribution in [-0.2, 0) is 4.79 Å². The number of amides is 1. The summed E-state index contributed by atoms with van der Waals surface area (Å²) in [7, 11) is 0. The molecule has 172 valence electrons. The number of hydrogen-bond acceptors (Lipinski definition) is 5. The minimum absolute atomic E-state index is 0.0669. The molecule has 0 aliphatic rings. The van der Waals surface area contributed by atoms with E-state index in [1.807, 2.05) is 0 Å². The fourth-order valence-electron chi connectivity index (χ4n) is 3.53. The lowest BCUT2D eigenvalue weighted by atomic mass is 10.1. The summed E-state index contributed by atoms with van der Waals surface area (Å²) in [5, 5.41) is 3.49. The Morgan fingerprint density at radius 1 is 1.00 bits per heavy atom. The predicted molar refractivity (Wildman–Crippen MR) is 133 cm³/mol. The van der Waals surface area contributed by atoms with Gasteiger partial charge in [0.2, 0.25) is 11.2 Å². The quantitative estimate of drug-likeness (QED) is 0.326. The Balaban J connectivity index is 1.71. The van der Waals surface area contributed by atoms with Crippen molar-refractivity contribution in [3.8, 4) is 17.1 Å². The van der Waals surface area contributed by atoms with Crippen molar-refractivity contribution < 1.29 is 18.7 Å². The third kappa shape index (κ3) is 4.72. The topological polar surface area (TPSA) is 85.6 Å². The van der Waals surface area contributed by atoms with E-state index >= 15 is 0 Å². The van der Waals surface area contributed by atoms with Crippen LogP contribution in [0.15, 0.2) is 82.0 Å². The fraction of sp³-hybridized carbons (Fsp3) is 0.148. The zero-order valence-electron chi connectivity index (χ0n) is 18.6. The summed E-state index contributed by atoms with van der Waals surface area (Å²) < 4.78 is 12.1. The highest BCUT2D eigenvalue weighted by atomic mass is 35.5. The largest absolute Gasteiger partial charge is 0.473 e.